The minimum atomic E-state index is -3.49. The van der Waals surface area contributed by atoms with E-state index in [4.69, 9.17) is 0 Å². The molecule has 1 aromatic carbocycles. The maximum Gasteiger partial charge on any atom is 0.306 e. The fourth-order valence-corrected chi connectivity index (χ4v) is 4.99. The highest BCUT2D eigenvalue weighted by Crippen LogP contribution is 2.22. The highest BCUT2D eigenvalue weighted by molar-refractivity contribution is 7.99. The molecule has 0 bridgehead atoms. The number of carbonyl (C=O) groups excluding carboxylic acids is 2. The molecule has 1 saturated heterocycles. The van der Waals surface area contributed by atoms with Gasteiger partial charge in [-0.15, -0.1) is 0 Å². The number of esters is 1. The first-order valence-corrected chi connectivity index (χ1v) is 11.6. The SMILES string of the molecule is COC(=O)CCSCC(=O)Nc1ccc(S(=O)(=O)N2CCCCCC2)cc1. The first kappa shape index (κ1) is 21.7. The van der Waals surface area contributed by atoms with Crippen LogP contribution >= 0.6 is 11.8 Å². The van der Waals surface area contributed by atoms with Crippen molar-refractivity contribution in [3.63, 3.8) is 0 Å². The predicted octanol–water partition coefficient (Wildman–Crippen LogP) is 2.49. The Morgan fingerprint density at radius 1 is 1.11 bits per heavy atom. The lowest BCUT2D eigenvalue weighted by molar-refractivity contribution is -0.140. The van der Waals surface area contributed by atoms with E-state index in [0.717, 1.165) is 25.7 Å². The second-order valence-corrected chi connectivity index (χ2v) is 9.31. The topological polar surface area (TPSA) is 92.8 Å². The number of amides is 1. The molecule has 27 heavy (non-hydrogen) atoms. The summed E-state index contributed by atoms with van der Waals surface area (Å²) < 4.78 is 31.5. The molecule has 1 amide bonds. The Hall–Kier alpha value is -1.58. The van der Waals surface area contributed by atoms with Crippen molar-refractivity contribution in [3.05, 3.63) is 24.3 Å². The fraction of sp³-hybridized carbons (Fsp3) is 0.556. The molecule has 1 N–H and O–H groups in total. The maximum atomic E-state index is 12.7. The molecular weight excluding hydrogens is 388 g/mol. The predicted molar refractivity (Wildman–Crippen MR) is 106 cm³/mol. The molecule has 0 unspecified atom stereocenters. The van der Waals surface area contributed by atoms with E-state index in [0.29, 0.717) is 24.5 Å². The molecule has 150 valence electrons. The summed E-state index contributed by atoms with van der Waals surface area (Å²) in [6.45, 7) is 1.12. The van der Waals surface area contributed by atoms with Crippen molar-refractivity contribution in [1.82, 2.24) is 4.31 Å². The molecule has 0 aliphatic carbocycles. The van der Waals surface area contributed by atoms with Crippen LogP contribution in [0.3, 0.4) is 0 Å². The summed E-state index contributed by atoms with van der Waals surface area (Å²) >= 11 is 1.34. The number of nitrogens with zero attached hydrogens (tertiary/aromatic N) is 1. The Bertz CT molecular complexity index is 727. The first-order valence-electron chi connectivity index (χ1n) is 8.98. The molecule has 2 rings (SSSR count). The van der Waals surface area contributed by atoms with Crippen molar-refractivity contribution in [2.75, 3.05) is 37.0 Å². The quantitative estimate of drug-likeness (QED) is 0.519. The molecule has 0 radical (unpaired) electrons. The molecule has 9 heteroatoms. The van der Waals surface area contributed by atoms with Gasteiger partial charge in [0.15, 0.2) is 0 Å². The van der Waals surface area contributed by atoms with Gasteiger partial charge in [-0.05, 0) is 37.1 Å². The normalized spacial score (nSPS) is 15.7. The van der Waals surface area contributed by atoms with E-state index < -0.39 is 10.0 Å². The van der Waals surface area contributed by atoms with Crippen LogP contribution in [0.1, 0.15) is 32.1 Å². The van der Waals surface area contributed by atoms with Gasteiger partial charge in [0.05, 0.1) is 24.2 Å². The van der Waals surface area contributed by atoms with Crippen LogP contribution in [-0.4, -0.2) is 56.3 Å². The average Bonchev–Trinajstić information content (AvgIpc) is 2.95. The van der Waals surface area contributed by atoms with Crippen molar-refractivity contribution in [1.29, 1.82) is 0 Å². The second kappa shape index (κ2) is 10.7. The van der Waals surface area contributed by atoms with E-state index in [9.17, 15) is 18.0 Å². The van der Waals surface area contributed by atoms with Crippen molar-refractivity contribution >= 4 is 39.3 Å². The summed E-state index contributed by atoms with van der Waals surface area (Å²) in [7, 11) is -2.16. The van der Waals surface area contributed by atoms with Gasteiger partial charge in [0.2, 0.25) is 15.9 Å². The largest absolute Gasteiger partial charge is 0.469 e. The van der Waals surface area contributed by atoms with Gasteiger partial charge in [-0.3, -0.25) is 9.59 Å². The summed E-state index contributed by atoms with van der Waals surface area (Å²) in [5, 5.41) is 2.73. The number of anilines is 1. The highest BCUT2D eigenvalue weighted by Gasteiger charge is 2.24. The Morgan fingerprint density at radius 3 is 2.33 bits per heavy atom. The fourth-order valence-electron chi connectivity index (χ4n) is 2.76. The summed E-state index contributed by atoms with van der Waals surface area (Å²) in [4.78, 5) is 23.2. The number of hydrogen-bond donors (Lipinski definition) is 1. The first-order chi connectivity index (χ1) is 12.9. The maximum absolute atomic E-state index is 12.7. The zero-order chi connectivity index (χ0) is 19.7. The molecule has 0 atom stereocenters. The zero-order valence-corrected chi connectivity index (χ0v) is 17.1. The summed E-state index contributed by atoms with van der Waals surface area (Å²) in [5.74, 6) is 0.217. The number of nitrogens with one attached hydrogen (secondary N) is 1. The summed E-state index contributed by atoms with van der Waals surface area (Å²) in [5.41, 5.74) is 0.545. The van der Waals surface area contributed by atoms with E-state index in [-0.39, 0.29) is 28.9 Å². The molecule has 0 spiro atoms. The molecule has 7 nitrogen and oxygen atoms in total. The number of benzene rings is 1. The van der Waals surface area contributed by atoms with Gasteiger partial charge < -0.3 is 10.1 Å². The third-order valence-electron chi connectivity index (χ3n) is 4.25. The van der Waals surface area contributed by atoms with Crippen molar-refractivity contribution in [2.24, 2.45) is 0 Å². The van der Waals surface area contributed by atoms with E-state index in [1.807, 2.05) is 0 Å². The molecular formula is C18H26N2O5S2. The molecule has 1 aromatic rings. The lowest BCUT2D eigenvalue weighted by atomic mass is 10.2. The van der Waals surface area contributed by atoms with Gasteiger partial charge in [0, 0.05) is 24.5 Å². The van der Waals surface area contributed by atoms with E-state index >= 15 is 0 Å². The number of methoxy groups -OCH3 is 1. The van der Waals surface area contributed by atoms with Gasteiger partial charge in [-0.25, -0.2) is 8.42 Å². The Balaban J connectivity index is 1.87. The number of sulfonamides is 1. The monoisotopic (exact) mass is 414 g/mol. The van der Waals surface area contributed by atoms with E-state index in [1.54, 1.807) is 16.4 Å². The van der Waals surface area contributed by atoms with Crippen molar-refractivity contribution < 1.29 is 22.7 Å². The van der Waals surface area contributed by atoms with Gasteiger partial charge in [0.1, 0.15) is 0 Å². The minimum absolute atomic E-state index is 0.201. The Morgan fingerprint density at radius 2 is 1.74 bits per heavy atom. The zero-order valence-electron chi connectivity index (χ0n) is 15.5. The summed E-state index contributed by atoms with van der Waals surface area (Å²) in [6.07, 6.45) is 4.17. The average molecular weight is 415 g/mol. The standard InChI is InChI=1S/C18H26N2O5S2/c1-25-18(22)10-13-26-14-17(21)19-15-6-8-16(9-7-15)27(23,24)20-11-4-2-3-5-12-20/h6-9H,2-5,10-14H2,1H3,(H,19,21). The number of hydrogen-bond acceptors (Lipinski definition) is 6. The number of thioether (sulfide) groups is 1. The Kier molecular flexibility index (Phi) is 8.59. The van der Waals surface area contributed by atoms with Crippen molar-refractivity contribution in [2.45, 2.75) is 37.0 Å². The third kappa shape index (κ3) is 6.82. The van der Waals surface area contributed by atoms with Crippen molar-refractivity contribution in [3.8, 4) is 0 Å². The lowest BCUT2D eigenvalue weighted by Crippen LogP contribution is -2.31. The smallest absolute Gasteiger partial charge is 0.306 e. The third-order valence-corrected chi connectivity index (χ3v) is 7.12. The lowest BCUT2D eigenvalue weighted by Gasteiger charge is -2.20. The summed E-state index contributed by atoms with van der Waals surface area (Å²) in [6, 6.07) is 6.25. The number of ether oxygens (including phenoxy) is 1. The number of rotatable bonds is 8. The molecule has 1 aliphatic heterocycles. The van der Waals surface area contributed by atoms with Crippen LogP contribution in [0.2, 0.25) is 0 Å². The van der Waals surface area contributed by atoms with Crippen LogP contribution in [0.25, 0.3) is 0 Å². The minimum Gasteiger partial charge on any atom is -0.469 e. The van der Waals surface area contributed by atoms with Crippen LogP contribution in [0.15, 0.2) is 29.2 Å². The molecule has 1 aliphatic rings. The van der Waals surface area contributed by atoms with Crippen LogP contribution in [0.5, 0.6) is 0 Å². The molecule has 0 saturated carbocycles. The van der Waals surface area contributed by atoms with E-state index in [2.05, 4.69) is 10.1 Å². The van der Waals surface area contributed by atoms with E-state index in [1.165, 1.54) is 31.0 Å². The number of carbonyl (C=O) groups is 2. The molecule has 0 aromatic heterocycles. The molecule has 1 fully saturated rings. The van der Waals surface area contributed by atoms with Crippen LogP contribution in [0.4, 0.5) is 5.69 Å². The highest BCUT2D eigenvalue weighted by atomic mass is 32.2. The van der Waals surface area contributed by atoms with Crippen LogP contribution in [0, 0.1) is 0 Å². The van der Waals surface area contributed by atoms with Crippen LogP contribution < -0.4 is 5.32 Å². The second-order valence-electron chi connectivity index (χ2n) is 6.27. The van der Waals surface area contributed by atoms with Gasteiger partial charge in [-0.2, -0.15) is 16.1 Å². The molecule has 1 heterocycles. The Labute approximate surface area is 164 Å². The van der Waals surface area contributed by atoms with Gasteiger partial charge in [0.25, 0.3) is 0 Å². The van der Waals surface area contributed by atoms with Gasteiger partial charge in [-0.1, -0.05) is 12.8 Å². The van der Waals surface area contributed by atoms with Crippen LogP contribution in [-0.2, 0) is 24.3 Å². The van der Waals surface area contributed by atoms with Gasteiger partial charge >= 0.3 is 5.97 Å².